The van der Waals surface area contributed by atoms with Crippen LogP contribution >= 0.6 is 0 Å². The molecule has 0 spiro atoms. The van der Waals surface area contributed by atoms with Crippen LogP contribution in [0.25, 0.3) is 11.0 Å². The molecule has 1 aliphatic heterocycles. The highest BCUT2D eigenvalue weighted by atomic mass is 32.2. The zero-order chi connectivity index (χ0) is 19.8. The summed E-state index contributed by atoms with van der Waals surface area (Å²) >= 11 is 0. The van der Waals surface area contributed by atoms with E-state index in [0.717, 1.165) is 0 Å². The second-order valence-corrected chi connectivity index (χ2v) is 8.81. The van der Waals surface area contributed by atoms with Crippen molar-refractivity contribution in [3.8, 4) is 0 Å². The molecule has 1 aromatic carbocycles. The molecule has 1 amide bonds. The molecular formula is C17H21N5O4S. The third-order valence-corrected chi connectivity index (χ3v) is 6.17. The predicted molar refractivity (Wildman–Crippen MR) is 101 cm³/mol. The van der Waals surface area contributed by atoms with Crippen LogP contribution in [0.1, 0.15) is 30.1 Å². The van der Waals surface area contributed by atoms with Crippen molar-refractivity contribution in [1.29, 1.82) is 10.8 Å². The first kappa shape index (κ1) is 19.0. The quantitative estimate of drug-likeness (QED) is 0.511. The van der Waals surface area contributed by atoms with E-state index in [0.29, 0.717) is 29.4 Å². The van der Waals surface area contributed by atoms with Gasteiger partial charge >= 0.3 is 0 Å². The summed E-state index contributed by atoms with van der Waals surface area (Å²) in [7, 11) is -3.09. The third kappa shape index (κ3) is 3.70. The van der Waals surface area contributed by atoms with Crippen molar-refractivity contribution in [2.45, 2.75) is 19.8 Å². The van der Waals surface area contributed by atoms with Crippen molar-refractivity contribution in [2.24, 2.45) is 0 Å². The molecule has 3 N–H and O–H groups in total. The van der Waals surface area contributed by atoms with E-state index in [1.54, 1.807) is 12.1 Å². The second-order valence-electron chi connectivity index (χ2n) is 6.51. The number of nitrogens with one attached hydrogen (secondary N) is 3. The van der Waals surface area contributed by atoms with E-state index in [1.807, 2.05) is 6.92 Å². The lowest BCUT2D eigenvalue weighted by Crippen LogP contribution is -2.43. The molecule has 0 atom stereocenters. The molecule has 27 heavy (non-hydrogen) atoms. The Morgan fingerprint density at radius 1 is 1.26 bits per heavy atom. The first-order valence-electron chi connectivity index (χ1n) is 8.64. The van der Waals surface area contributed by atoms with Gasteiger partial charge in [-0.1, -0.05) is 6.92 Å². The lowest BCUT2D eigenvalue weighted by molar-refractivity contribution is 0.0770. The molecule has 1 saturated heterocycles. The maximum atomic E-state index is 12.7. The van der Waals surface area contributed by atoms with E-state index in [4.69, 9.17) is 10.8 Å². The summed E-state index contributed by atoms with van der Waals surface area (Å²) in [6, 6.07) is 4.68. The molecule has 0 unspecified atom stereocenters. The van der Waals surface area contributed by atoms with Gasteiger partial charge in [0.15, 0.2) is 15.3 Å². The Balaban J connectivity index is 2.02. The van der Waals surface area contributed by atoms with E-state index in [-0.39, 0.29) is 41.8 Å². The summed E-state index contributed by atoms with van der Waals surface area (Å²) in [5.41, 5.74) is 0.171. The maximum Gasteiger partial charge on any atom is 0.291 e. The number of hydrogen-bond donors (Lipinski definition) is 3. The number of sulfone groups is 1. The molecule has 0 aliphatic carbocycles. The minimum absolute atomic E-state index is 0.0560. The maximum absolute atomic E-state index is 12.7. The number of hydrogen-bond acceptors (Lipinski definition) is 6. The van der Waals surface area contributed by atoms with Crippen molar-refractivity contribution >= 4 is 32.6 Å². The van der Waals surface area contributed by atoms with Crippen LogP contribution in [-0.4, -0.2) is 59.2 Å². The Morgan fingerprint density at radius 3 is 2.56 bits per heavy atom. The van der Waals surface area contributed by atoms with Gasteiger partial charge in [0.25, 0.3) is 11.5 Å². The molecule has 2 aromatic rings. The monoisotopic (exact) mass is 391 g/mol. The zero-order valence-corrected chi connectivity index (χ0v) is 15.7. The Hall–Kier alpha value is -2.75. The van der Waals surface area contributed by atoms with Crippen LogP contribution in [0.3, 0.4) is 0 Å². The summed E-state index contributed by atoms with van der Waals surface area (Å²) < 4.78 is 24.3. The first-order chi connectivity index (χ1) is 12.7. The van der Waals surface area contributed by atoms with Crippen LogP contribution < -0.4 is 11.0 Å². The number of carbonyl (C=O) groups excluding carboxylic acids is 1. The summed E-state index contributed by atoms with van der Waals surface area (Å²) in [6.07, 6.45) is 1.12. The van der Waals surface area contributed by atoms with Gasteiger partial charge in [-0.25, -0.2) is 8.42 Å². The van der Waals surface area contributed by atoms with Crippen molar-refractivity contribution in [3.63, 3.8) is 0 Å². The summed E-state index contributed by atoms with van der Waals surface area (Å²) in [5.74, 6) is -0.282. The highest BCUT2D eigenvalue weighted by Gasteiger charge is 2.26. The second kappa shape index (κ2) is 7.10. The fourth-order valence-electron chi connectivity index (χ4n) is 3.09. The largest absolute Gasteiger partial charge is 0.337 e. The summed E-state index contributed by atoms with van der Waals surface area (Å²) in [4.78, 5) is 28.8. The topological polar surface area (TPSA) is 140 Å². The van der Waals surface area contributed by atoms with Gasteiger partial charge in [0, 0.05) is 25.1 Å². The standard InChI is InChI=1S/C17H21N5O4S/c1-2-3-14(18)22-13-5-4-11(10-12(13)20-16(23)15(22)19)17(24)21-6-8-27(25,26)9-7-21/h4-5,10,18-19H,2-3,6-9H2,1H3,(H,20,23). The van der Waals surface area contributed by atoms with Crippen LogP contribution in [-0.2, 0) is 9.84 Å². The number of H-pyrrole nitrogens is 1. The molecule has 0 bridgehead atoms. The number of nitrogens with zero attached hydrogens (tertiary/aromatic N) is 2. The van der Waals surface area contributed by atoms with Crippen molar-refractivity contribution in [3.05, 3.63) is 39.6 Å². The SMILES string of the molecule is CCCC(=N)n1c(=N)c(=O)[nH]c2cc(C(=O)N3CCS(=O)(=O)CC3)ccc21. The van der Waals surface area contributed by atoms with Gasteiger partial charge in [0.1, 0.15) is 5.84 Å². The zero-order valence-electron chi connectivity index (χ0n) is 14.9. The van der Waals surface area contributed by atoms with E-state index >= 15 is 0 Å². The van der Waals surface area contributed by atoms with Gasteiger partial charge in [0.05, 0.1) is 22.5 Å². The van der Waals surface area contributed by atoms with Gasteiger partial charge in [-0.3, -0.25) is 25.0 Å². The van der Waals surface area contributed by atoms with E-state index in [2.05, 4.69) is 4.98 Å². The molecule has 3 rings (SSSR count). The molecule has 1 aromatic heterocycles. The highest BCUT2D eigenvalue weighted by Crippen LogP contribution is 2.15. The van der Waals surface area contributed by atoms with Gasteiger partial charge in [-0.2, -0.15) is 0 Å². The van der Waals surface area contributed by atoms with Crippen LogP contribution in [0.2, 0.25) is 0 Å². The molecule has 0 radical (unpaired) electrons. The predicted octanol–water partition coefficient (Wildman–Crippen LogP) is 0.305. The molecule has 9 nitrogen and oxygen atoms in total. The minimum atomic E-state index is -3.09. The molecule has 1 fully saturated rings. The molecular weight excluding hydrogens is 370 g/mol. The summed E-state index contributed by atoms with van der Waals surface area (Å²) in [6.45, 7) is 2.19. The number of rotatable bonds is 3. The van der Waals surface area contributed by atoms with Gasteiger partial charge in [-0.05, 0) is 24.6 Å². The molecule has 10 heteroatoms. The Bertz CT molecular complexity index is 1130. The first-order valence-corrected chi connectivity index (χ1v) is 10.5. The lowest BCUT2D eigenvalue weighted by Gasteiger charge is -2.26. The fourth-order valence-corrected chi connectivity index (χ4v) is 4.30. The third-order valence-electron chi connectivity index (χ3n) is 4.56. The Morgan fingerprint density at radius 2 is 1.93 bits per heavy atom. The van der Waals surface area contributed by atoms with Gasteiger partial charge < -0.3 is 9.88 Å². The van der Waals surface area contributed by atoms with E-state index < -0.39 is 15.4 Å². The fraction of sp³-hybridized carbons (Fsp3) is 0.412. The molecule has 0 saturated carbocycles. The molecule has 1 aliphatic rings. The molecule has 2 heterocycles. The number of amides is 1. The lowest BCUT2D eigenvalue weighted by atomic mass is 10.1. The summed E-state index contributed by atoms with van der Waals surface area (Å²) in [5, 5.41) is 16.1. The van der Waals surface area contributed by atoms with Gasteiger partial charge in [-0.15, -0.1) is 0 Å². The smallest absolute Gasteiger partial charge is 0.291 e. The number of carbonyl (C=O) groups is 1. The van der Waals surface area contributed by atoms with Crippen molar-refractivity contribution in [1.82, 2.24) is 14.5 Å². The average molecular weight is 391 g/mol. The van der Waals surface area contributed by atoms with Crippen LogP contribution in [0, 0.1) is 10.8 Å². The van der Waals surface area contributed by atoms with Crippen molar-refractivity contribution in [2.75, 3.05) is 24.6 Å². The number of benzene rings is 1. The average Bonchev–Trinajstić information content (AvgIpc) is 2.62. The number of aromatic nitrogens is 2. The highest BCUT2D eigenvalue weighted by molar-refractivity contribution is 7.91. The Kier molecular flexibility index (Phi) is 5.01. The van der Waals surface area contributed by atoms with Crippen LogP contribution in [0.4, 0.5) is 0 Å². The van der Waals surface area contributed by atoms with Gasteiger partial charge in [0.2, 0.25) is 0 Å². The number of aromatic amines is 1. The normalized spacial score (nSPS) is 16.4. The van der Waals surface area contributed by atoms with Crippen LogP contribution in [0.5, 0.6) is 0 Å². The number of fused-ring (bicyclic) bond motifs is 1. The van der Waals surface area contributed by atoms with E-state index in [1.165, 1.54) is 15.5 Å². The van der Waals surface area contributed by atoms with E-state index in [9.17, 15) is 18.0 Å². The minimum Gasteiger partial charge on any atom is -0.337 e. The van der Waals surface area contributed by atoms with Crippen LogP contribution in [0.15, 0.2) is 23.0 Å². The Labute approximate surface area is 155 Å². The molecule has 144 valence electrons. The van der Waals surface area contributed by atoms with Crippen molar-refractivity contribution < 1.29 is 13.2 Å².